The largest absolute Gasteiger partial charge is 0.337 e. The summed E-state index contributed by atoms with van der Waals surface area (Å²) in [5, 5.41) is 11.7. The van der Waals surface area contributed by atoms with Crippen molar-refractivity contribution in [1.29, 1.82) is 0 Å². The van der Waals surface area contributed by atoms with Crippen molar-refractivity contribution < 1.29 is 13.2 Å². The Kier molecular flexibility index (Phi) is 4.14. The second kappa shape index (κ2) is 5.53. The number of hydrogen-bond donors (Lipinski definition) is 2. The molecule has 0 unspecified atom stereocenters. The van der Waals surface area contributed by atoms with E-state index in [2.05, 4.69) is 10.2 Å². The first-order valence-corrected chi connectivity index (χ1v) is 8.28. The number of aromatic nitrogens is 2. The maximum Gasteiger partial charge on any atom is 0.275 e. The molecule has 3 N–H and O–H groups in total. The minimum Gasteiger partial charge on any atom is -0.337 e. The van der Waals surface area contributed by atoms with Crippen molar-refractivity contribution in [3.8, 4) is 0 Å². The number of aryl methyl sites for hydroxylation is 1. The quantitative estimate of drug-likeness (QED) is 0.850. The van der Waals surface area contributed by atoms with E-state index in [9.17, 15) is 13.2 Å². The number of carbonyl (C=O) groups excluding carboxylic acids is 1. The molecule has 0 radical (unpaired) electrons. The Hall–Kier alpha value is -1.41. The monoisotopic (exact) mass is 300 g/mol. The van der Waals surface area contributed by atoms with Crippen LogP contribution in [0.25, 0.3) is 0 Å². The lowest BCUT2D eigenvalue weighted by Gasteiger charge is -2.23. The molecule has 0 spiro atoms. The van der Waals surface area contributed by atoms with Gasteiger partial charge in [-0.05, 0) is 19.3 Å². The Balaban J connectivity index is 2.37. The first-order valence-electron chi connectivity index (χ1n) is 6.73. The lowest BCUT2D eigenvalue weighted by Crippen LogP contribution is -2.36. The number of nitrogens with one attached hydrogen (secondary N) is 1. The Morgan fingerprint density at radius 2 is 2.05 bits per heavy atom. The molecule has 0 bridgehead atoms. The number of rotatable bonds is 4. The van der Waals surface area contributed by atoms with Gasteiger partial charge in [0, 0.05) is 13.1 Å². The number of primary sulfonamides is 1. The van der Waals surface area contributed by atoms with Crippen LogP contribution >= 0.6 is 0 Å². The SMILES string of the molecule is CCc1[nH]nc(C(=O)N(C)C2CCCC2)c1S(N)(=O)=O. The van der Waals surface area contributed by atoms with Crippen molar-refractivity contribution in [3.63, 3.8) is 0 Å². The summed E-state index contributed by atoms with van der Waals surface area (Å²) in [5.41, 5.74) is 0.273. The standard InChI is InChI=1S/C12H20N4O3S/c1-3-9-11(20(13,18)19)10(15-14-9)12(17)16(2)8-6-4-5-7-8/h8H,3-7H2,1-2H3,(H,14,15)(H2,13,18,19). The fourth-order valence-corrected chi connectivity index (χ4v) is 3.62. The Morgan fingerprint density at radius 1 is 1.45 bits per heavy atom. The van der Waals surface area contributed by atoms with Gasteiger partial charge in [-0.2, -0.15) is 5.10 Å². The number of hydrogen-bond acceptors (Lipinski definition) is 4. The van der Waals surface area contributed by atoms with Crippen molar-refractivity contribution in [2.24, 2.45) is 5.14 Å². The average molecular weight is 300 g/mol. The molecular formula is C12H20N4O3S. The number of nitrogens with zero attached hydrogens (tertiary/aromatic N) is 2. The van der Waals surface area contributed by atoms with Crippen LogP contribution in [0, 0.1) is 0 Å². The van der Waals surface area contributed by atoms with Gasteiger partial charge in [-0.15, -0.1) is 0 Å². The van der Waals surface area contributed by atoms with Gasteiger partial charge in [0.25, 0.3) is 5.91 Å². The summed E-state index contributed by atoms with van der Waals surface area (Å²) >= 11 is 0. The normalized spacial score (nSPS) is 16.6. The fraction of sp³-hybridized carbons (Fsp3) is 0.667. The van der Waals surface area contributed by atoms with E-state index in [1.165, 1.54) is 0 Å². The third kappa shape index (κ3) is 2.71. The summed E-state index contributed by atoms with van der Waals surface area (Å²) < 4.78 is 23.4. The third-order valence-electron chi connectivity index (χ3n) is 3.83. The average Bonchev–Trinajstić information content (AvgIpc) is 3.04. The predicted molar refractivity (Wildman–Crippen MR) is 73.7 cm³/mol. The number of sulfonamides is 1. The van der Waals surface area contributed by atoms with Crippen LogP contribution in [0.15, 0.2) is 4.90 Å². The Bertz CT molecular complexity index is 602. The van der Waals surface area contributed by atoms with E-state index in [-0.39, 0.29) is 16.6 Å². The van der Waals surface area contributed by atoms with Crippen molar-refractivity contribution in [1.82, 2.24) is 15.1 Å². The molecule has 1 aromatic rings. The highest BCUT2D eigenvalue weighted by molar-refractivity contribution is 7.89. The molecule has 0 atom stereocenters. The molecule has 1 aliphatic carbocycles. The summed E-state index contributed by atoms with van der Waals surface area (Å²) in [6.45, 7) is 1.77. The van der Waals surface area contributed by atoms with Crippen molar-refractivity contribution in [2.45, 2.75) is 50.0 Å². The second-order valence-electron chi connectivity index (χ2n) is 5.13. The van der Waals surface area contributed by atoms with Gasteiger partial charge in [0.05, 0.1) is 5.69 Å². The number of amides is 1. The van der Waals surface area contributed by atoms with Crippen LogP contribution in [0.5, 0.6) is 0 Å². The molecule has 112 valence electrons. The topological polar surface area (TPSA) is 109 Å². The van der Waals surface area contributed by atoms with E-state index in [1.54, 1.807) is 18.9 Å². The van der Waals surface area contributed by atoms with Crippen LogP contribution < -0.4 is 5.14 Å². The molecule has 1 heterocycles. The maximum absolute atomic E-state index is 12.5. The van der Waals surface area contributed by atoms with Gasteiger partial charge in [-0.1, -0.05) is 19.8 Å². The first-order chi connectivity index (χ1) is 9.36. The lowest BCUT2D eigenvalue weighted by molar-refractivity contribution is 0.0725. The maximum atomic E-state index is 12.5. The molecule has 20 heavy (non-hydrogen) atoms. The van der Waals surface area contributed by atoms with Crippen molar-refractivity contribution >= 4 is 15.9 Å². The van der Waals surface area contributed by atoms with Gasteiger partial charge < -0.3 is 4.90 Å². The summed E-state index contributed by atoms with van der Waals surface area (Å²) in [6.07, 6.45) is 4.48. The molecule has 1 aliphatic rings. The third-order valence-corrected chi connectivity index (χ3v) is 4.83. The summed E-state index contributed by atoms with van der Waals surface area (Å²) in [5.74, 6) is -0.392. The zero-order valence-electron chi connectivity index (χ0n) is 11.7. The van der Waals surface area contributed by atoms with Crippen LogP contribution in [-0.4, -0.2) is 42.5 Å². The number of aromatic amines is 1. The number of carbonyl (C=O) groups is 1. The molecule has 0 saturated heterocycles. The van der Waals surface area contributed by atoms with E-state index in [1.807, 2.05) is 0 Å². The molecule has 1 saturated carbocycles. The highest BCUT2D eigenvalue weighted by atomic mass is 32.2. The number of H-pyrrole nitrogens is 1. The number of nitrogens with two attached hydrogens (primary N) is 1. The molecule has 0 aliphatic heterocycles. The van der Waals surface area contributed by atoms with Crippen LogP contribution in [0.1, 0.15) is 48.8 Å². The van der Waals surface area contributed by atoms with E-state index in [4.69, 9.17) is 5.14 Å². The van der Waals surface area contributed by atoms with Gasteiger partial charge in [0.15, 0.2) is 5.69 Å². The lowest BCUT2D eigenvalue weighted by atomic mass is 10.2. The van der Waals surface area contributed by atoms with Gasteiger partial charge >= 0.3 is 0 Å². The van der Waals surface area contributed by atoms with Crippen molar-refractivity contribution in [3.05, 3.63) is 11.4 Å². The zero-order valence-corrected chi connectivity index (χ0v) is 12.5. The Morgan fingerprint density at radius 3 is 2.55 bits per heavy atom. The summed E-state index contributed by atoms with van der Waals surface area (Å²) in [6, 6.07) is 0.151. The van der Waals surface area contributed by atoms with E-state index < -0.39 is 15.9 Å². The van der Waals surface area contributed by atoms with Crippen LogP contribution in [0.4, 0.5) is 0 Å². The van der Waals surface area contributed by atoms with Gasteiger partial charge in [0.1, 0.15) is 4.90 Å². The van der Waals surface area contributed by atoms with Crippen molar-refractivity contribution in [2.75, 3.05) is 7.05 Å². The smallest absolute Gasteiger partial charge is 0.275 e. The molecular weight excluding hydrogens is 280 g/mol. The fourth-order valence-electron chi connectivity index (χ4n) is 2.68. The minimum absolute atomic E-state index is 0.0984. The van der Waals surface area contributed by atoms with Gasteiger partial charge in [-0.3, -0.25) is 9.89 Å². The van der Waals surface area contributed by atoms with E-state index in [0.717, 1.165) is 25.7 Å². The highest BCUT2D eigenvalue weighted by Gasteiger charge is 2.31. The predicted octanol–water partition coefficient (Wildman–Crippen LogP) is 0.634. The highest BCUT2D eigenvalue weighted by Crippen LogP contribution is 2.25. The molecule has 2 rings (SSSR count). The minimum atomic E-state index is -3.98. The van der Waals surface area contributed by atoms with Crippen LogP contribution in [0.2, 0.25) is 0 Å². The molecule has 1 amide bonds. The summed E-state index contributed by atoms with van der Waals surface area (Å²) in [4.78, 5) is 13.9. The van der Waals surface area contributed by atoms with Crippen LogP contribution in [-0.2, 0) is 16.4 Å². The first kappa shape index (κ1) is 15.0. The second-order valence-corrected chi connectivity index (χ2v) is 6.63. The molecule has 1 fully saturated rings. The Labute approximate surface area is 118 Å². The zero-order chi connectivity index (χ0) is 14.9. The van der Waals surface area contributed by atoms with Gasteiger partial charge in [0.2, 0.25) is 10.0 Å². The van der Waals surface area contributed by atoms with E-state index >= 15 is 0 Å². The van der Waals surface area contributed by atoms with E-state index in [0.29, 0.717) is 12.1 Å². The summed E-state index contributed by atoms with van der Waals surface area (Å²) in [7, 11) is -2.29. The molecule has 7 nitrogen and oxygen atoms in total. The molecule has 8 heteroatoms. The van der Waals surface area contributed by atoms with Crippen LogP contribution in [0.3, 0.4) is 0 Å². The van der Waals surface area contributed by atoms with Gasteiger partial charge in [-0.25, -0.2) is 13.6 Å². The molecule has 1 aromatic heterocycles. The molecule has 0 aromatic carbocycles.